The van der Waals surface area contributed by atoms with Crippen LogP contribution in [0.5, 0.6) is 0 Å². The van der Waals surface area contributed by atoms with E-state index in [0.29, 0.717) is 22.5 Å². The van der Waals surface area contributed by atoms with Crippen molar-refractivity contribution in [2.45, 2.75) is 13.8 Å². The fourth-order valence-electron chi connectivity index (χ4n) is 2.00. The van der Waals surface area contributed by atoms with E-state index < -0.39 is 10.8 Å². The van der Waals surface area contributed by atoms with Crippen LogP contribution in [0.1, 0.15) is 29.8 Å². The fourth-order valence-corrected chi connectivity index (χ4v) is 2.00. The number of rotatable bonds is 5. The monoisotopic (exact) mass is 340 g/mol. The zero-order valence-corrected chi connectivity index (χ0v) is 13.6. The quantitative estimate of drug-likeness (QED) is 0.495. The van der Waals surface area contributed by atoms with Crippen molar-refractivity contribution in [1.29, 1.82) is 0 Å². The van der Waals surface area contributed by atoms with Gasteiger partial charge in [0.1, 0.15) is 0 Å². The molecule has 2 aromatic rings. The Morgan fingerprint density at radius 2 is 1.52 bits per heavy atom. The molecule has 0 spiro atoms. The zero-order chi connectivity index (χ0) is 18.4. The Hall–Kier alpha value is -3.55. The molecule has 0 saturated heterocycles. The number of nitro groups is 1. The molecule has 2 N–H and O–H groups in total. The molecule has 8 nitrogen and oxygen atoms in total. The molecule has 2 amide bonds. The summed E-state index contributed by atoms with van der Waals surface area (Å²) in [6, 6.07) is 12.2. The van der Waals surface area contributed by atoms with Gasteiger partial charge in [-0.25, -0.2) is 5.43 Å². The molecule has 0 unspecified atom stereocenters. The highest BCUT2D eigenvalue weighted by Crippen LogP contribution is 2.13. The van der Waals surface area contributed by atoms with Gasteiger partial charge in [-0.15, -0.1) is 0 Å². The summed E-state index contributed by atoms with van der Waals surface area (Å²) in [5.74, 6) is -0.601. The summed E-state index contributed by atoms with van der Waals surface area (Å²) in [4.78, 5) is 33.2. The molecule has 25 heavy (non-hydrogen) atoms. The van der Waals surface area contributed by atoms with Crippen molar-refractivity contribution in [2.75, 3.05) is 5.32 Å². The van der Waals surface area contributed by atoms with E-state index in [1.165, 1.54) is 19.1 Å². The average Bonchev–Trinajstić information content (AvgIpc) is 2.59. The molecule has 0 aromatic heterocycles. The first-order valence-corrected chi connectivity index (χ1v) is 7.34. The first-order valence-electron chi connectivity index (χ1n) is 7.34. The molecule has 0 atom stereocenters. The first-order chi connectivity index (χ1) is 11.9. The number of benzene rings is 2. The molecule has 0 bridgehead atoms. The van der Waals surface area contributed by atoms with Crippen molar-refractivity contribution < 1.29 is 14.5 Å². The van der Waals surface area contributed by atoms with E-state index in [1.54, 1.807) is 43.3 Å². The van der Waals surface area contributed by atoms with E-state index in [0.717, 1.165) is 0 Å². The molecule has 128 valence electrons. The van der Waals surface area contributed by atoms with Crippen LogP contribution in [0.15, 0.2) is 53.6 Å². The molecule has 0 aliphatic heterocycles. The van der Waals surface area contributed by atoms with Gasteiger partial charge in [-0.05, 0) is 48.9 Å². The number of hydrazone groups is 1. The van der Waals surface area contributed by atoms with Gasteiger partial charge in [-0.2, -0.15) is 5.10 Å². The Balaban J connectivity index is 2.03. The molecule has 0 radical (unpaired) electrons. The largest absolute Gasteiger partial charge is 0.326 e. The summed E-state index contributed by atoms with van der Waals surface area (Å²) in [6.45, 7) is 3.08. The second-order valence-electron chi connectivity index (χ2n) is 5.20. The van der Waals surface area contributed by atoms with Crippen LogP contribution in [0.2, 0.25) is 0 Å². The van der Waals surface area contributed by atoms with E-state index in [-0.39, 0.29) is 11.6 Å². The molecule has 8 heteroatoms. The normalized spacial score (nSPS) is 10.9. The van der Waals surface area contributed by atoms with Gasteiger partial charge in [0.2, 0.25) is 5.91 Å². The number of nitrogens with one attached hydrogen (secondary N) is 2. The van der Waals surface area contributed by atoms with Gasteiger partial charge in [0, 0.05) is 30.3 Å². The van der Waals surface area contributed by atoms with Crippen molar-refractivity contribution in [3.63, 3.8) is 0 Å². The lowest BCUT2D eigenvalue weighted by atomic mass is 10.1. The number of hydrogen-bond donors (Lipinski definition) is 2. The predicted octanol–water partition coefficient (Wildman–Crippen LogP) is 2.71. The number of carbonyl (C=O) groups is 2. The van der Waals surface area contributed by atoms with Crippen LogP contribution >= 0.6 is 0 Å². The smallest absolute Gasteiger partial charge is 0.271 e. The van der Waals surface area contributed by atoms with Crippen molar-refractivity contribution in [3.05, 3.63) is 69.8 Å². The van der Waals surface area contributed by atoms with Crippen molar-refractivity contribution >= 4 is 28.9 Å². The summed E-state index contributed by atoms with van der Waals surface area (Å²) < 4.78 is 0. The molecule has 0 aliphatic rings. The van der Waals surface area contributed by atoms with Gasteiger partial charge < -0.3 is 5.32 Å². The fraction of sp³-hybridized carbons (Fsp3) is 0.118. The molecule has 0 heterocycles. The topological polar surface area (TPSA) is 114 Å². The lowest BCUT2D eigenvalue weighted by molar-refractivity contribution is -0.384. The zero-order valence-electron chi connectivity index (χ0n) is 13.6. The van der Waals surface area contributed by atoms with E-state index in [4.69, 9.17) is 0 Å². The summed E-state index contributed by atoms with van der Waals surface area (Å²) in [5, 5.41) is 17.2. The number of hydrogen-bond acceptors (Lipinski definition) is 5. The van der Waals surface area contributed by atoms with Gasteiger partial charge in [0.25, 0.3) is 11.6 Å². The SMILES string of the molecule is CC(=O)Nc1ccc(C(=O)N/N=C(\C)c2ccc([N+](=O)[O-])cc2)cc1. The second kappa shape index (κ2) is 7.82. The van der Waals surface area contributed by atoms with E-state index in [9.17, 15) is 19.7 Å². The Labute approximate surface area is 143 Å². The Kier molecular flexibility index (Phi) is 5.57. The van der Waals surface area contributed by atoms with Crippen LogP contribution in [0.25, 0.3) is 0 Å². The van der Waals surface area contributed by atoms with Gasteiger partial charge in [-0.3, -0.25) is 19.7 Å². The molecule has 0 saturated carbocycles. The molecular weight excluding hydrogens is 324 g/mol. The first kappa shape index (κ1) is 17.8. The maximum absolute atomic E-state index is 12.1. The maximum atomic E-state index is 12.1. The third-order valence-corrected chi connectivity index (χ3v) is 3.29. The summed E-state index contributed by atoms with van der Waals surface area (Å²) >= 11 is 0. The third kappa shape index (κ3) is 4.96. The average molecular weight is 340 g/mol. The summed E-state index contributed by atoms with van der Waals surface area (Å²) in [6.07, 6.45) is 0. The Bertz CT molecular complexity index is 827. The molecule has 2 rings (SSSR count). The standard InChI is InChI=1S/C17H16N4O4/c1-11(13-5-9-16(10-6-13)21(24)25)19-20-17(23)14-3-7-15(8-4-14)18-12(2)22/h3-10H,1-2H3,(H,18,22)(H,20,23)/b19-11+. The molecule has 0 aliphatic carbocycles. The van der Waals surface area contributed by atoms with Crippen LogP contribution in [0.3, 0.4) is 0 Å². The van der Waals surface area contributed by atoms with Gasteiger partial charge in [0.15, 0.2) is 0 Å². The van der Waals surface area contributed by atoms with E-state index >= 15 is 0 Å². The predicted molar refractivity (Wildman–Crippen MR) is 93.5 cm³/mol. The lowest BCUT2D eigenvalue weighted by Crippen LogP contribution is -2.19. The summed E-state index contributed by atoms with van der Waals surface area (Å²) in [5.41, 5.74) is 4.56. The Morgan fingerprint density at radius 3 is 2.04 bits per heavy atom. The van der Waals surface area contributed by atoms with Crippen LogP contribution in [0.4, 0.5) is 11.4 Å². The van der Waals surface area contributed by atoms with Crippen molar-refractivity contribution in [2.24, 2.45) is 5.10 Å². The minimum atomic E-state index is -0.483. The highest BCUT2D eigenvalue weighted by Gasteiger charge is 2.07. The van der Waals surface area contributed by atoms with Crippen LogP contribution in [-0.4, -0.2) is 22.4 Å². The molecular formula is C17H16N4O4. The number of nitrogens with zero attached hydrogens (tertiary/aromatic N) is 2. The lowest BCUT2D eigenvalue weighted by Gasteiger charge is -2.05. The third-order valence-electron chi connectivity index (χ3n) is 3.29. The maximum Gasteiger partial charge on any atom is 0.271 e. The van der Waals surface area contributed by atoms with Crippen molar-refractivity contribution in [1.82, 2.24) is 5.43 Å². The Morgan fingerprint density at radius 1 is 0.960 bits per heavy atom. The summed E-state index contributed by atoms with van der Waals surface area (Å²) in [7, 11) is 0. The van der Waals surface area contributed by atoms with E-state index in [1.807, 2.05) is 0 Å². The highest BCUT2D eigenvalue weighted by molar-refractivity contribution is 6.01. The number of anilines is 1. The van der Waals surface area contributed by atoms with Gasteiger partial charge in [-0.1, -0.05) is 0 Å². The highest BCUT2D eigenvalue weighted by atomic mass is 16.6. The van der Waals surface area contributed by atoms with Crippen molar-refractivity contribution in [3.8, 4) is 0 Å². The minimum Gasteiger partial charge on any atom is -0.326 e. The number of non-ortho nitro benzene ring substituents is 1. The molecule has 0 fully saturated rings. The second-order valence-corrected chi connectivity index (χ2v) is 5.20. The van der Waals surface area contributed by atoms with Gasteiger partial charge in [0.05, 0.1) is 10.6 Å². The molecule has 2 aromatic carbocycles. The van der Waals surface area contributed by atoms with Crippen LogP contribution in [-0.2, 0) is 4.79 Å². The van der Waals surface area contributed by atoms with Gasteiger partial charge >= 0.3 is 0 Å². The number of amides is 2. The van der Waals surface area contributed by atoms with E-state index in [2.05, 4.69) is 15.8 Å². The minimum absolute atomic E-state index is 0.0140. The number of nitro benzene ring substituents is 1. The van der Waals surface area contributed by atoms with Crippen LogP contribution in [0, 0.1) is 10.1 Å². The number of carbonyl (C=O) groups excluding carboxylic acids is 2. The van der Waals surface area contributed by atoms with Crippen LogP contribution < -0.4 is 10.7 Å².